The molecule has 108 valence electrons. The summed E-state index contributed by atoms with van der Waals surface area (Å²) < 4.78 is 13.3. The summed E-state index contributed by atoms with van der Waals surface area (Å²) in [7, 11) is 0. The van der Waals surface area contributed by atoms with E-state index in [2.05, 4.69) is 15.3 Å². The number of aromatic nitrogens is 2. The van der Waals surface area contributed by atoms with E-state index in [4.69, 9.17) is 5.73 Å². The molecule has 0 saturated heterocycles. The Morgan fingerprint density at radius 3 is 2.86 bits per heavy atom. The summed E-state index contributed by atoms with van der Waals surface area (Å²) in [5.74, 6) is -1.69. The van der Waals surface area contributed by atoms with Gasteiger partial charge in [-0.05, 0) is 12.1 Å². The van der Waals surface area contributed by atoms with Crippen LogP contribution in [0.1, 0.15) is 16.1 Å². The lowest BCUT2D eigenvalue weighted by Gasteiger charge is -2.06. The number of carbonyl (C=O) groups is 1. The van der Waals surface area contributed by atoms with Crippen molar-refractivity contribution in [1.82, 2.24) is 15.3 Å². The van der Waals surface area contributed by atoms with E-state index < -0.39 is 22.3 Å². The first-order valence-corrected chi connectivity index (χ1v) is 5.75. The predicted octanol–water partition coefficient (Wildman–Crippen LogP) is 1.04. The van der Waals surface area contributed by atoms with Gasteiger partial charge in [-0.3, -0.25) is 14.9 Å². The average molecular weight is 291 g/mol. The number of hydrogen-bond acceptors (Lipinski definition) is 6. The van der Waals surface area contributed by atoms with Crippen LogP contribution in [0.2, 0.25) is 0 Å². The minimum Gasteiger partial charge on any atom is -0.396 e. The highest BCUT2D eigenvalue weighted by molar-refractivity contribution is 5.99. The number of nitrogens with zero attached hydrogens (tertiary/aromatic N) is 3. The molecule has 8 nitrogen and oxygen atoms in total. The number of nitrogens with two attached hydrogens (primary N) is 1. The zero-order valence-electron chi connectivity index (χ0n) is 10.6. The second kappa shape index (κ2) is 5.90. The number of nitrogens with one attached hydrogen (secondary N) is 1. The number of nitro groups is 1. The fourth-order valence-electron chi connectivity index (χ4n) is 1.60. The number of benzene rings is 1. The van der Waals surface area contributed by atoms with Crippen LogP contribution in [0.4, 0.5) is 15.8 Å². The smallest absolute Gasteiger partial charge is 0.285 e. The molecule has 0 atom stereocenters. The zero-order chi connectivity index (χ0) is 15.4. The zero-order valence-corrected chi connectivity index (χ0v) is 10.6. The van der Waals surface area contributed by atoms with Crippen molar-refractivity contribution < 1.29 is 14.1 Å². The molecule has 0 aliphatic heterocycles. The Bertz CT molecular complexity index is 693. The highest BCUT2D eigenvalue weighted by atomic mass is 19.1. The largest absolute Gasteiger partial charge is 0.396 e. The molecule has 0 fully saturated rings. The van der Waals surface area contributed by atoms with Crippen molar-refractivity contribution in [1.29, 1.82) is 0 Å². The van der Waals surface area contributed by atoms with Gasteiger partial charge in [-0.25, -0.2) is 14.4 Å². The molecule has 0 saturated carbocycles. The van der Waals surface area contributed by atoms with Gasteiger partial charge in [-0.1, -0.05) is 0 Å². The summed E-state index contributed by atoms with van der Waals surface area (Å²) in [6, 6.07) is 3.13. The lowest BCUT2D eigenvalue weighted by Crippen LogP contribution is -2.24. The van der Waals surface area contributed by atoms with E-state index in [9.17, 15) is 19.3 Å². The second-order valence-corrected chi connectivity index (χ2v) is 4.03. The van der Waals surface area contributed by atoms with Gasteiger partial charge in [0.1, 0.15) is 11.9 Å². The molecule has 9 heteroatoms. The second-order valence-electron chi connectivity index (χ2n) is 4.03. The molecule has 0 unspecified atom stereocenters. The van der Waals surface area contributed by atoms with Crippen LogP contribution < -0.4 is 11.1 Å². The van der Waals surface area contributed by atoms with Gasteiger partial charge in [-0.15, -0.1) is 0 Å². The standard InChI is InChI=1S/C12H10FN5O3/c13-9-4-11(18(20)21)8(3-10(9)14)12(19)16-5-7-1-2-15-6-17-7/h1-4,6H,5,14H2,(H,16,19). The molecule has 1 aromatic heterocycles. The summed E-state index contributed by atoms with van der Waals surface area (Å²) in [4.78, 5) is 29.6. The van der Waals surface area contributed by atoms with E-state index in [1.807, 2.05) is 0 Å². The fraction of sp³-hybridized carbons (Fsp3) is 0.0833. The maximum Gasteiger partial charge on any atom is 0.285 e. The van der Waals surface area contributed by atoms with Crippen molar-refractivity contribution >= 4 is 17.3 Å². The molecule has 1 aromatic carbocycles. The molecule has 0 spiro atoms. The number of halogens is 1. The van der Waals surface area contributed by atoms with E-state index in [-0.39, 0.29) is 17.8 Å². The van der Waals surface area contributed by atoms with E-state index in [1.54, 1.807) is 6.07 Å². The Morgan fingerprint density at radius 1 is 1.48 bits per heavy atom. The van der Waals surface area contributed by atoms with E-state index in [1.165, 1.54) is 12.5 Å². The topological polar surface area (TPSA) is 124 Å². The molecular weight excluding hydrogens is 281 g/mol. The molecule has 0 aliphatic rings. The lowest BCUT2D eigenvalue weighted by atomic mass is 10.1. The molecule has 3 N–H and O–H groups in total. The van der Waals surface area contributed by atoms with Crippen LogP contribution in [0.25, 0.3) is 0 Å². The van der Waals surface area contributed by atoms with Crippen LogP contribution in [0, 0.1) is 15.9 Å². The first kappa shape index (κ1) is 14.3. The highest BCUT2D eigenvalue weighted by Gasteiger charge is 2.22. The molecule has 1 heterocycles. The molecular formula is C12H10FN5O3. The summed E-state index contributed by atoms with van der Waals surface area (Å²) in [5.41, 5.74) is 4.56. The van der Waals surface area contributed by atoms with Crippen LogP contribution in [0.15, 0.2) is 30.7 Å². The molecule has 1 amide bonds. The third-order valence-electron chi connectivity index (χ3n) is 2.63. The lowest BCUT2D eigenvalue weighted by molar-refractivity contribution is -0.385. The van der Waals surface area contributed by atoms with Crippen LogP contribution >= 0.6 is 0 Å². The van der Waals surface area contributed by atoms with Gasteiger partial charge in [0.25, 0.3) is 11.6 Å². The third kappa shape index (κ3) is 3.26. The maximum atomic E-state index is 13.3. The Morgan fingerprint density at radius 2 is 2.24 bits per heavy atom. The van der Waals surface area contributed by atoms with Gasteiger partial charge in [-0.2, -0.15) is 0 Å². The predicted molar refractivity (Wildman–Crippen MR) is 70.7 cm³/mol. The summed E-state index contributed by atoms with van der Waals surface area (Å²) in [6.07, 6.45) is 2.80. The maximum absolute atomic E-state index is 13.3. The number of nitro benzene ring substituents is 1. The molecule has 21 heavy (non-hydrogen) atoms. The number of nitrogen functional groups attached to an aromatic ring is 1. The molecule has 0 radical (unpaired) electrons. The van der Waals surface area contributed by atoms with E-state index in [0.29, 0.717) is 11.8 Å². The van der Waals surface area contributed by atoms with Crippen molar-refractivity contribution in [3.05, 3.63) is 57.9 Å². The van der Waals surface area contributed by atoms with E-state index >= 15 is 0 Å². The molecule has 2 rings (SSSR count). The minimum absolute atomic E-state index is 0.0514. The van der Waals surface area contributed by atoms with Gasteiger partial charge in [0.15, 0.2) is 5.82 Å². The average Bonchev–Trinajstić information content (AvgIpc) is 2.48. The number of hydrogen-bond donors (Lipinski definition) is 2. The first-order chi connectivity index (χ1) is 9.99. The first-order valence-electron chi connectivity index (χ1n) is 5.75. The number of amides is 1. The van der Waals surface area contributed by atoms with Gasteiger partial charge < -0.3 is 11.1 Å². The van der Waals surface area contributed by atoms with Crippen LogP contribution in [-0.4, -0.2) is 20.8 Å². The molecule has 2 aromatic rings. The molecule has 0 bridgehead atoms. The van der Waals surface area contributed by atoms with Crippen LogP contribution in [0.3, 0.4) is 0 Å². The third-order valence-corrected chi connectivity index (χ3v) is 2.63. The monoisotopic (exact) mass is 291 g/mol. The van der Waals surface area contributed by atoms with Crippen molar-refractivity contribution in [3.63, 3.8) is 0 Å². The summed E-state index contributed by atoms with van der Waals surface area (Å²) in [5, 5.41) is 13.3. The summed E-state index contributed by atoms with van der Waals surface area (Å²) >= 11 is 0. The van der Waals surface area contributed by atoms with Crippen molar-refractivity contribution in [3.8, 4) is 0 Å². The van der Waals surface area contributed by atoms with Gasteiger partial charge in [0.05, 0.1) is 28.9 Å². The summed E-state index contributed by atoms with van der Waals surface area (Å²) in [6.45, 7) is 0.0514. The Labute approximate surface area is 118 Å². The van der Waals surface area contributed by atoms with Crippen LogP contribution in [0.5, 0.6) is 0 Å². The number of rotatable bonds is 4. The Balaban J connectivity index is 2.22. The van der Waals surface area contributed by atoms with Crippen molar-refractivity contribution in [2.24, 2.45) is 0 Å². The van der Waals surface area contributed by atoms with Gasteiger partial charge in [0.2, 0.25) is 0 Å². The van der Waals surface area contributed by atoms with Crippen molar-refractivity contribution in [2.75, 3.05) is 5.73 Å². The van der Waals surface area contributed by atoms with Crippen molar-refractivity contribution in [2.45, 2.75) is 6.54 Å². The minimum atomic E-state index is -0.950. The highest BCUT2D eigenvalue weighted by Crippen LogP contribution is 2.24. The normalized spacial score (nSPS) is 10.1. The van der Waals surface area contributed by atoms with E-state index in [0.717, 1.165) is 6.07 Å². The van der Waals surface area contributed by atoms with Gasteiger partial charge in [0, 0.05) is 6.20 Å². The molecule has 0 aliphatic carbocycles. The van der Waals surface area contributed by atoms with Crippen LogP contribution in [-0.2, 0) is 6.54 Å². The van der Waals surface area contributed by atoms with Gasteiger partial charge >= 0.3 is 0 Å². The Hall–Kier alpha value is -3.10. The number of anilines is 1. The quantitative estimate of drug-likeness (QED) is 0.492. The SMILES string of the molecule is Nc1cc(C(=O)NCc2ccncn2)c([N+](=O)[O-])cc1F. The number of carbonyl (C=O) groups excluding carboxylic acids is 1. The fourth-order valence-corrected chi connectivity index (χ4v) is 1.60. The Kier molecular flexibility index (Phi) is 4.02.